The molecule has 0 aromatic carbocycles. The number of aliphatic carboxylic acids is 1. The molecule has 0 saturated heterocycles. The number of allylic oxidation sites excluding steroid dienone is 2. The second-order valence-corrected chi connectivity index (χ2v) is 4.64. The van der Waals surface area contributed by atoms with E-state index >= 15 is 0 Å². The van der Waals surface area contributed by atoms with Crippen LogP contribution in [-0.4, -0.2) is 11.1 Å². The smallest absolute Gasteiger partial charge is 0.306 e. The zero-order chi connectivity index (χ0) is 11.1. The van der Waals surface area contributed by atoms with E-state index in [0.29, 0.717) is 0 Å². The number of rotatable bonds is 5. The van der Waals surface area contributed by atoms with E-state index in [2.05, 4.69) is 12.2 Å². The highest BCUT2D eigenvalue weighted by molar-refractivity contribution is 5.69. The molecule has 1 fully saturated rings. The van der Waals surface area contributed by atoms with Gasteiger partial charge in [0, 0.05) is 0 Å². The van der Waals surface area contributed by atoms with Gasteiger partial charge in [0.25, 0.3) is 0 Å². The van der Waals surface area contributed by atoms with Crippen molar-refractivity contribution in [3.63, 3.8) is 0 Å². The average molecular weight is 210 g/mol. The fourth-order valence-electron chi connectivity index (χ4n) is 2.08. The largest absolute Gasteiger partial charge is 0.481 e. The molecular weight excluding hydrogens is 188 g/mol. The zero-order valence-electron chi connectivity index (χ0n) is 9.61. The lowest BCUT2D eigenvalue weighted by molar-refractivity contribution is -0.141. The molecule has 0 amide bonds. The topological polar surface area (TPSA) is 37.3 Å². The summed E-state index contributed by atoms with van der Waals surface area (Å²) in [5.74, 6) is -0.124. The average Bonchev–Trinajstić information content (AvgIpc) is 2.25. The summed E-state index contributed by atoms with van der Waals surface area (Å²) in [5, 5.41) is 8.71. The standard InChI is InChI=1S/C13H22O2/c1-11(13(14)15)7-5-6-10-12-8-3-2-4-9-12/h6,10-12H,2-5,7-9H2,1H3,(H,14,15)/b10-6+. The van der Waals surface area contributed by atoms with Gasteiger partial charge in [0.05, 0.1) is 5.92 Å². The molecule has 0 spiro atoms. The van der Waals surface area contributed by atoms with Gasteiger partial charge in [0.2, 0.25) is 0 Å². The SMILES string of the molecule is CC(CC/C=C/C1CCCCC1)C(=O)O. The van der Waals surface area contributed by atoms with Crippen LogP contribution in [0.15, 0.2) is 12.2 Å². The highest BCUT2D eigenvalue weighted by Crippen LogP contribution is 2.24. The highest BCUT2D eigenvalue weighted by Gasteiger charge is 2.10. The van der Waals surface area contributed by atoms with Gasteiger partial charge < -0.3 is 5.11 Å². The van der Waals surface area contributed by atoms with Gasteiger partial charge in [-0.2, -0.15) is 0 Å². The molecule has 86 valence electrons. The predicted molar refractivity (Wildman–Crippen MR) is 61.7 cm³/mol. The van der Waals surface area contributed by atoms with E-state index in [-0.39, 0.29) is 5.92 Å². The van der Waals surface area contributed by atoms with Crippen LogP contribution in [0.25, 0.3) is 0 Å². The first-order chi connectivity index (χ1) is 7.20. The summed E-state index contributed by atoms with van der Waals surface area (Å²) in [7, 11) is 0. The molecule has 1 aliphatic rings. The molecule has 2 nitrogen and oxygen atoms in total. The first kappa shape index (κ1) is 12.3. The second kappa shape index (κ2) is 6.65. The molecule has 15 heavy (non-hydrogen) atoms. The van der Waals surface area contributed by atoms with E-state index < -0.39 is 5.97 Å². The maximum absolute atomic E-state index is 10.6. The quantitative estimate of drug-likeness (QED) is 0.704. The van der Waals surface area contributed by atoms with Gasteiger partial charge in [-0.05, 0) is 31.6 Å². The van der Waals surface area contributed by atoms with Gasteiger partial charge in [-0.3, -0.25) is 4.79 Å². The lowest BCUT2D eigenvalue weighted by Gasteiger charge is -2.17. The Bertz CT molecular complexity index is 215. The van der Waals surface area contributed by atoms with Crippen molar-refractivity contribution in [2.75, 3.05) is 0 Å². The molecule has 1 aliphatic carbocycles. The molecule has 2 heteroatoms. The molecule has 1 saturated carbocycles. The molecule has 0 radical (unpaired) electrons. The normalized spacial score (nSPS) is 20.6. The Kier molecular flexibility index (Phi) is 5.44. The third-order valence-electron chi connectivity index (χ3n) is 3.25. The van der Waals surface area contributed by atoms with Crippen LogP contribution in [0.2, 0.25) is 0 Å². The molecule has 0 aromatic rings. The summed E-state index contributed by atoms with van der Waals surface area (Å²) in [6.45, 7) is 1.77. The minimum absolute atomic E-state index is 0.207. The first-order valence-electron chi connectivity index (χ1n) is 6.09. The van der Waals surface area contributed by atoms with Crippen LogP contribution >= 0.6 is 0 Å². The van der Waals surface area contributed by atoms with E-state index in [1.807, 2.05) is 0 Å². The van der Waals surface area contributed by atoms with Gasteiger partial charge in [0.15, 0.2) is 0 Å². The fourth-order valence-corrected chi connectivity index (χ4v) is 2.08. The molecule has 1 unspecified atom stereocenters. The summed E-state index contributed by atoms with van der Waals surface area (Å²) in [5.41, 5.74) is 0. The maximum atomic E-state index is 10.6. The van der Waals surface area contributed by atoms with E-state index in [4.69, 9.17) is 5.11 Å². The molecule has 1 rings (SSSR count). The molecule has 1 atom stereocenters. The zero-order valence-corrected chi connectivity index (χ0v) is 9.61. The fraction of sp³-hybridized carbons (Fsp3) is 0.769. The molecule has 0 aliphatic heterocycles. The summed E-state index contributed by atoms with van der Waals surface area (Å²) in [6, 6.07) is 0. The van der Waals surface area contributed by atoms with E-state index in [1.54, 1.807) is 6.92 Å². The van der Waals surface area contributed by atoms with E-state index in [9.17, 15) is 4.79 Å². The van der Waals surface area contributed by atoms with Crippen molar-refractivity contribution in [2.45, 2.75) is 51.9 Å². The number of hydrogen-bond acceptors (Lipinski definition) is 1. The molecule has 0 aromatic heterocycles. The van der Waals surface area contributed by atoms with Crippen molar-refractivity contribution in [2.24, 2.45) is 11.8 Å². The van der Waals surface area contributed by atoms with Crippen molar-refractivity contribution in [1.82, 2.24) is 0 Å². The van der Waals surface area contributed by atoms with Gasteiger partial charge in [-0.25, -0.2) is 0 Å². The number of hydrogen-bond donors (Lipinski definition) is 1. The summed E-state index contributed by atoms with van der Waals surface area (Å²) < 4.78 is 0. The van der Waals surface area contributed by atoms with Gasteiger partial charge >= 0.3 is 5.97 Å². The molecule has 0 heterocycles. The molecular formula is C13H22O2. The monoisotopic (exact) mass is 210 g/mol. The van der Waals surface area contributed by atoms with Crippen LogP contribution < -0.4 is 0 Å². The minimum atomic E-state index is -0.680. The van der Waals surface area contributed by atoms with E-state index in [1.165, 1.54) is 32.1 Å². The summed E-state index contributed by atoms with van der Waals surface area (Å²) in [6.07, 6.45) is 12.9. The lowest BCUT2D eigenvalue weighted by atomic mass is 9.89. The Balaban J connectivity index is 2.12. The van der Waals surface area contributed by atoms with Crippen LogP contribution in [0.4, 0.5) is 0 Å². The van der Waals surface area contributed by atoms with Crippen LogP contribution in [0.5, 0.6) is 0 Å². The van der Waals surface area contributed by atoms with Crippen LogP contribution in [0.1, 0.15) is 51.9 Å². The van der Waals surface area contributed by atoms with Gasteiger partial charge in [-0.1, -0.05) is 38.3 Å². The Morgan fingerprint density at radius 3 is 2.67 bits per heavy atom. The molecule has 0 bridgehead atoms. The highest BCUT2D eigenvalue weighted by atomic mass is 16.4. The van der Waals surface area contributed by atoms with Crippen molar-refractivity contribution in [1.29, 1.82) is 0 Å². The third-order valence-corrected chi connectivity index (χ3v) is 3.25. The van der Waals surface area contributed by atoms with Gasteiger partial charge in [0.1, 0.15) is 0 Å². The Morgan fingerprint density at radius 1 is 1.40 bits per heavy atom. The maximum Gasteiger partial charge on any atom is 0.306 e. The number of carboxylic acid groups (broad SMARTS) is 1. The number of carboxylic acids is 1. The minimum Gasteiger partial charge on any atom is -0.481 e. The number of carbonyl (C=O) groups is 1. The first-order valence-corrected chi connectivity index (χ1v) is 6.09. The van der Waals surface area contributed by atoms with Crippen molar-refractivity contribution in [3.8, 4) is 0 Å². The lowest BCUT2D eigenvalue weighted by Crippen LogP contribution is -2.08. The summed E-state index contributed by atoms with van der Waals surface area (Å²) >= 11 is 0. The van der Waals surface area contributed by atoms with Crippen LogP contribution in [-0.2, 0) is 4.79 Å². The molecule has 1 N–H and O–H groups in total. The Labute approximate surface area is 92.4 Å². The van der Waals surface area contributed by atoms with Crippen molar-refractivity contribution >= 4 is 5.97 Å². The summed E-state index contributed by atoms with van der Waals surface area (Å²) in [4.78, 5) is 10.6. The van der Waals surface area contributed by atoms with Crippen LogP contribution in [0.3, 0.4) is 0 Å². The Hall–Kier alpha value is -0.790. The third kappa shape index (κ3) is 5.01. The van der Waals surface area contributed by atoms with Crippen molar-refractivity contribution < 1.29 is 9.90 Å². The van der Waals surface area contributed by atoms with Crippen molar-refractivity contribution in [3.05, 3.63) is 12.2 Å². The van der Waals surface area contributed by atoms with Crippen LogP contribution in [0, 0.1) is 11.8 Å². The van der Waals surface area contributed by atoms with E-state index in [0.717, 1.165) is 18.8 Å². The predicted octanol–water partition coefficient (Wildman–Crippen LogP) is 3.62. The van der Waals surface area contributed by atoms with Gasteiger partial charge in [-0.15, -0.1) is 0 Å². The second-order valence-electron chi connectivity index (χ2n) is 4.64. The Morgan fingerprint density at radius 2 is 2.07 bits per heavy atom.